The van der Waals surface area contributed by atoms with Crippen molar-refractivity contribution >= 4 is 17.3 Å². The Morgan fingerprint density at radius 2 is 2.18 bits per heavy atom. The van der Waals surface area contributed by atoms with Crippen molar-refractivity contribution in [3.8, 4) is 0 Å². The molecule has 0 saturated heterocycles. The van der Waals surface area contributed by atoms with Gasteiger partial charge in [-0.05, 0) is 11.6 Å². The van der Waals surface area contributed by atoms with E-state index in [1.165, 1.54) is 18.2 Å². The van der Waals surface area contributed by atoms with E-state index in [1.807, 2.05) is 0 Å². The largest absolute Gasteiger partial charge is 0.396 e. The van der Waals surface area contributed by atoms with E-state index in [4.69, 9.17) is 17.3 Å². The summed E-state index contributed by atoms with van der Waals surface area (Å²) in [6.07, 6.45) is 0. The first-order valence-electron chi connectivity index (χ1n) is 5.10. The molecule has 0 aliphatic carbocycles. The third kappa shape index (κ3) is 2.94. The number of halogens is 1. The van der Waals surface area contributed by atoms with Crippen LogP contribution in [-0.4, -0.2) is 16.6 Å². The van der Waals surface area contributed by atoms with Crippen molar-refractivity contribution in [2.75, 3.05) is 6.61 Å². The average molecular weight is 259 g/mol. The van der Waals surface area contributed by atoms with Crippen LogP contribution >= 0.6 is 11.6 Å². The van der Waals surface area contributed by atoms with E-state index in [0.29, 0.717) is 10.6 Å². The van der Waals surface area contributed by atoms with Gasteiger partial charge in [-0.2, -0.15) is 0 Å². The predicted molar refractivity (Wildman–Crippen MR) is 65.9 cm³/mol. The van der Waals surface area contributed by atoms with Gasteiger partial charge in [0.25, 0.3) is 5.69 Å². The van der Waals surface area contributed by atoms with Gasteiger partial charge in [0.1, 0.15) is 0 Å². The highest BCUT2D eigenvalue weighted by molar-refractivity contribution is 6.31. The van der Waals surface area contributed by atoms with Crippen LogP contribution in [0.4, 0.5) is 5.69 Å². The average Bonchev–Trinajstić information content (AvgIpc) is 2.28. The fourth-order valence-electron chi connectivity index (χ4n) is 1.40. The zero-order chi connectivity index (χ0) is 13.2. The van der Waals surface area contributed by atoms with Crippen molar-refractivity contribution in [3.63, 3.8) is 0 Å². The summed E-state index contributed by atoms with van der Waals surface area (Å²) in [6, 6.07) is 3.55. The number of rotatable bonds is 4. The summed E-state index contributed by atoms with van der Waals surface area (Å²) in [5, 5.41) is 20.3. The second-order valence-electron chi connectivity index (χ2n) is 4.59. The highest BCUT2D eigenvalue weighted by atomic mass is 35.5. The molecule has 0 bridgehead atoms. The monoisotopic (exact) mass is 258 g/mol. The van der Waals surface area contributed by atoms with Crippen molar-refractivity contribution in [3.05, 3.63) is 38.9 Å². The van der Waals surface area contributed by atoms with E-state index in [0.717, 1.165) is 0 Å². The number of aliphatic hydroxyl groups is 1. The number of non-ortho nitro benzene ring substituents is 1. The van der Waals surface area contributed by atoms with Crippen LogP contribution in [0, 0.1) is 15.5 Å². The number of nitrogens with zero attached hydrogens (tertiary/aromatic N) is 1. The number of nitrogens with two attached hydrogens (primary N) is 1. The Morgan fingerprint density at radius 1 is 1.59 bits per heavy atom. The molecule has 0 amide bonds. The second-order valence-corrected chi connectivity index (χ2v) is 4.99. The van der Waals surface area contributed by atoms with Crippen LogP contribution < -0.4 is 5.73 Å². The zero-order valence-corrected chi connectivity index (χ0v) is 10.4. The molecule has 1 aromatic carbocycles. The van der Waals surface area contributed by atoms with Crippen LogP contribution in [0.25, 0.3) is 0 Å². The Hall–Kier alpha value is -1.17. The number of hydrogen-bond donors (Lipinski definition) is 2. The number of nitro benzene ring substituents is 1. The summed E-state index contributed by atoms with van der Waals surface area (Å²) in [7, 11) is 0. The van der Waals surface area contributed by atoms with Crippen molar-refractivity contribution in [2.45, 2.75) is 19.9 Å². The molecule has 0 spiro atoms. The van der Waals surface area contributed by atoms with E-state index < -0.39 is 16.4 Å². The van der Waals surface area contributed by atoms with E-state index in [9.17, 15) is 15.2 Å². The maximum Gasteiger partial charge on any atom is 0.269 e. The molecule has 3 N–H and O–H groups in total. The van der Waals surface area contributed by atoms with Gasteiger partial charge in [0, 0.05) is 35.2 Å². The smallest absolute Gasteiger partial charge is 0.269 e. The summed E-state index contributed by atoms with van der Waals surface area (Å²) in [4.78, 5) is 10.2. The van der Waals surface area contributed by atoms with Gasteiger partial charge in [0.15, 0.2) is 0 Å². The van der Waals surface area contributed by atoms with E-state index in [2.05, 4.69) is 0 Å². The molecule has 0 saturated carbocycles. The van der Waals surface area contributed by atoms with Crippen LogP contribution in [0.3, 0.4) is 0 Å². The quantitative estimate of drug-likeness (QED) is 0.640. The Labute approximate surface area is 104 Å². The second kappa shape index (κ2) is 5.00. The molecule has 0 fully saturated rings. The molecule has 1 atom stereocenters. The molecular weight excluding hydrogens is 244 g/mol. The lowest BCUT2D eigenvalue weighted by atomic mass is 9.81. The van der Waals surface area contributed by atoms with Crippen LogP contribution in [0.15, 0.2) is 18.2 Å². The van der Waals surface area contributed by atoms with Crippen molar-refractivity contribution in [1.82, 2.24) is 0 Å². The lowest BCUT2D eigenvalue weighted by Gasteiger charge is -2.30. The molecule has 0 heterocycles. The van der Waals surface area contributed by atoms with Gasteiger partial charge in [-0.3, -0.25) is 10.1 Å². The molecule has 5 nitrogen and oxygen atoms in total. The van der Waals surface area contributed by atoms with Gasteiger partial charge in [0.2, 0.25) is 0 Å². The number of hydrogen-bond acceptors (Lipinski definition) is 4. The first kappa shape index (κ1) is 13.9. The minimum Gasteiger partial charge on any atom is -0.396 e. The standard InChI is InChI=1S/C11H15ClN2O3/c1-11(2,6-15)10(13)8-5-7(14(16)17)3-4-9(8)12/h3-5,10,15H,6,13H2,1-2H3/t10-/m0/s1. The van der Waals surface area contributed by atoms with Gasteiger partial charge >= 0.3 is 0 Å². The molecule has 1 rings (SSSR count). The first-order chi connectivity index (χ1) is 7.79. The fourth-order valence-corrected chi connectivity index (χ4v) is 1.64. The predicted octanol–water partition coefficient (Wildman–Crippen LogP) is 2.27. The Bertz CT molecular complexity index is 435. The number of nitro groups is 1. The fraction of sp³-hybridized carbons (Fsp3) is 0.455. The summed E-state index contributed by atoms with van der Waals surface area (Å²) in [5.74, 6) is 0. The normalized spacial score (nSPS) is 13.5. The lowest BCUT2D eigenvalue weighted by molar-refractivity contribution is -0.384. The van der Waals surface area contributed by atoms with Crippen molar-refractivity contribution in [2.24, 2.45) is 11.1 Å². The first-order valence-corrected chi connectivity index (χ1v) is 5.47. The summed E-state index contributed by atoms with van der Waals surface area (Å²) < 4.78 is 0. The molecule has 0 aliphatic rings. The Kier molecular flexibility index (Phi) is 4.08. The maximum absolute atomic E-state index is 10.7. The molecule has 94 valence electrons. The highest BCUT2D eigenvalue weighted by Crippen LogP contribution is 2.36. The van der Waals surface area contributed by atoms with Gasteiger partial charge in [-0.1, -0.05) is 25.4 Å². The minimum absolute atomic E-state index is 0.0615. The molecule has 1 aromatic rings. The van der Waals surface area contributed by atoms with E-state index >= 15 is 0 Å². The summed E-state index contributed by atoms with van der Waals surface area (Å²) >= 11 is 5.97. The zero-order valence-electron chi connectivity index (χ0n) is 9.68. The number of aliphatic hydroxyl groups excluding tert-OH is 1. The third-order valence-electron chi connectivity index (χ3n) is 2.77. The molecule has 0 radical (unpaired) electrons. The molecule has 17 heavy (non-hydrogen) atoms. The molecule has 6 heteroatoms. The summed E-state index contributed by atoms with van der Waals surface area (Å²) in [5.41, 5.74) is 5.80. The Balaban J connectivity index is 3.21. The van der Waals surface area contributed by atoms with Gasteiger partial charge in [0.05, 0.1) is 4.92 Å². The SMILES string of the molecule is CC(C)(CO)[C@@H](N)c1cc([N+](=O)[O-])ccc1Cl. The topological polar surface area (TPSA) is 89.4 Å². The maximum atomic E-state index is 10.7. The van der Waals surface area contributed by atoms with Crippen LogP contribution in [0.2, 0.25) is 5.02 Å². The number of benzene rings is 1. The van der Waals surface area contributed by atoms with Gasteiger partial charge in [-0.15, -0.1) is 0 Å². The summed E-state index contributed by atoms with van der Waals surface area (Å²) in [6.45, 7) is 3.41. The third-order valence-corrected chi connectivity index (χ3v) is 3.12. The molecule has 0 aliphatic heterocycles. The Morgan fingerprint density at radius 3 is 2.65 bits per heavy atom. The van der Waals surface area contributed by atoms with Crippen LogP contribution in [0.1, 0.15) is 25.5 Å². The van der Waals surface area contributed by atoms with Gasteiger partial charge < -0.3 is 10.8 Å². The van der Waals surface area contributed by atoms with Crippen molar-refractivity contribution < 1.29 is 10.0 Å². The van der Waals surface area contributed by atoms with E-state index in [-0.39, 0.29) is 12.3 Å². The van der Waals surface area contributed by atoms with Crippen LogP contribution in [-0.2, 0) is 0 Å². The highest BCUT2D eigenvalue weighted by Gasteiger charge is 2.29. The van der Waals surface area contributed by atoms with Crippen molar-refractivity contribution in [1.29, 1.82) is 0 Å². The van der Waals surface area contributed by atoms with Gasteiger partial charge in [-0.25, -0.2) is 0 Å². The van der Waals surface area contributed by atoms with Crippen LogP contribution in [0.5, 0.6) is 0 Å². The van der Waals surface area contributed by atoms with E-state index in [1.54, 1.807) is 13.8 Å². The molecule has 0 unspecified atom stereocenters. The molecule has 0 aromatic heterocycles. The minimum atomic E-state index is -0.598. The lowest BCUT2D eigenvalue weighted by Crippen LogP contribution is -2.32. The molecular formula is C11H15ClN2O3.